The van der Waals surface area contributed by atoms with Crippen LogP contribution in [0.1, 0.15) is 57.8 Å². The van der Waals surface area contributed by atoms with E-state index < -0.39 is 0 Å². The van der Waals surface area contributed by atoms with Crippen LogP contribution in [0, 0.1) is 5.92 Å². The third-order valence-electron chi connectivity index (χ3n) is 5.31. The van der Waals surface area contributed by atoms with Crippen LogP contribution in [0.5, 0.6) is 0 Å². The first-order chi connectivity index (χ1) is 8.43. The lowest BCUT2D eigenvalue weighted by molar-refractivity contribution is 0.181. The maximum absolute atomic E-state index is 3.76. The fraction of sp³-hybridized carbons (Fsp3) is 1.00. The van der Waals surface area contributed by atoms with Gasteiger partial charge in [-0.3, -0.25) is 4.90 Å². The Balaban J connectivity index is 1.39. The Labute approximate surface area is 106 Å². The Hall–Kier alpha value is -0.0800. The molecule has 3 aliphatic rings. The lowest BCUT2D eigenvalue weighted by Crippen LogP contribution is -2.40. The van der Waals surface area contributed by atoms with Crippen molar-refractivity contribution in [1.29, 1.82) is 0 Å². The third kappa shape index (κ3) is 2.85. The van der Waals surface area contributed by atoms with E-state index in [9.17, 15) is 0 Å². The summed E-state index contributed by atoms with van der Waals surface area (Å²) in [5.74, 6) is 1.05. The van der Waals surface area contributed by atoms with E-state index in [4.69, 9.17) is 0 Å². The van der Waals surface area contributed by atoms with Gasteiger partial charge < -0.3 is 5.32 Å². The second-order valence-electron chi connectivity index (χ2n) is 6.37. The van der Waals surface area contributed by atoms with Gasteiger partial charge in [0.25, 0.3) is 0 Å². The maximum atomic E-state index is 3.76. The number of fused-ring (bicyclic) bond motifs is 1. The SMILES string of the molecule is C1CCC(NCCN2CCC3CCCCC32)C1. The first kappa shape index (κ1) is 12.0. The molecule has 1 saturated heterocycles. The van der Waals surface area contributed by atoms with E-state index in [0.717, 1.165) is 18.0 Å². The van der Waals surface area contributed by atoms with Gasteiger partial charge in [-0.1, -0.05) is 25.7 Å². The minimum absolute atomic E-state index is 0.847. The molecule has 3 rings (SSSR count). The van der Waals surface area contributed by atoms with Crippen molar-refractivity contribution in [2.75, 3.05) is 19.6 Å². The number of rotatable bonds is 4. The summed E-state index contributed by atoms with van der Waals surface area (Å²) in [5.41, 5.74) is 0. The third-order valence-corrected chi connectivity index (χ3v) is 5.31. The molecule has 1 heterocycles. The van der Waals surface area contributed by atoms with E-state index in [1.165, 1.54) is 77.4 Å². The van der Waals surface area contributed by atoms with Crippen molar-refractivity contribution in [3.8, 4) is 0 Å². The zero-order chi connectivity index (χ0) is 11.5. The van der Waals surface area contributed by atoms with Crippen molar-refractivity contribution in [2.45, 2.75) is 69.9 Å². The molecule has 0 spiro atoms. The van der Waals surface area contributed by atoms with Crippen LogP contribution < -0.4 is 5.32 Å². The van der Waals surface area contributed by atoms with Gasteiger partial charge in [-0.2, -0.15) is 0 Å². The summed E-state index contributed by atoms with van der Waals surface area (Å²) >= 11 is 0. The molecular weight excluding hydrogens is 208 g/mol. The molecule has 1 N–H and O–H groups in total. The number of likely N-dealkylation sites (tertiary alicyclic amines) is 1. The van der Waals surface area contributed by atoms with Crippen molar-refractivity contribution >= 4 is 0 Å². The fourth-order valence-corrected chi connectivity index (χ4v) is 4.32. The molecule has 2 nitrogen and oxygen atoms in total. The second-order valence-corrected chi connectivity index (χ2v) is 6.37. The lowest BCUT2D eigenvalue weighted by Gasteiger charge is -2.32. The molecule has 2 heteroatoms. The van der Waals surface area contributed by atoms with E-state index >= 15 is 0 Å². The van der Waals surface area contributed by atoms with Crippen molar-refractivity contribution in [2.24, 2.45) is 5.92 Å². The molecule has 2 aliphatic carbocycles. The number of hydrogen-bond donors (Lipinski definition) is 1. The van der Waals surface area contributed by atoms with Crippen LogP contribution in [-0.2, 0) is 0 Å². The summed E-state index contributed by atoms with van der Waals surface area (Å²) in [5, 5.41) is 3.76. The minimum atomic E-state index is 0.847. The van der Waals surface area contributed by atoms with Gasteiger partial charge in [-0.15, -0.1) is 0 Å². The summed E-state index contributed by atoms with van der Waals surface area (Å²) in [6.07, 6.45) is 13.2. The normalized spacial score (nSPS) is 35.3. The van der Waals surface area contributed by atoms with E-state index in [1.54, 1.807) is 0 Å². The van der Waals surface area contributed by atoms with Gasteiger partial charge in [0, 0.05) is 25.2 Å². The zero-order valence-corrected chi connectivity index (χ0v) is 11.2. The summed E-state index contributed by atoms with van der Waals surface area (Å²) in [6.45, 7) is 3.91. The first-order valence-corrected chi connectivity index (χ1v) is 7.91. The van der Waals surface area contributed by atoms with Crippen molar-refractivity contribution in [1.82, 2.24) is 10.2 Å². The molecule has 1 aliphatic heterocycles. The molecule has 2 saturated carbocycles. The van der Waals surface area contributed by atoms with Crippen LogP contribution in [0.15, 0.2) is 0 Å². The standard InChI is InChI=1S/C15H28N2/c1-4-8-15-13(5-1)9-11-17(15)12-10-16-14-6-2-3-7-14/h13-16H,1-12H2. The van der Waals surface area contributed by atoms with Crippen LogP contribution in [0.4, 0.5) is 0 Å². The summed E-state index contributed by atoms with van der Waals surface area (Å²) < 4.78 is 0. The van der Waals surface area contributed by atoms with Crippen LogP contribution in [0.2, 0.25) is 0 Å². The molecule has 3 fully saturated rings. The van der Waals surface area contributed by atoms with Gasteiger partial charge in [0.05, 0.1) is 0 Å². The summed E-state index contributed by atoms with van der Waals surface area (Å²) in [7, 11) is 0. The van der Waals surface area contributed by atoms with Gasteiger partial charge >= 0.3 is 0 Å². The van der Waals surface area contributed by atoms with Gasteiger partial charge in [0.2, 0.25) is 0 Å². The fourth-order valence-electron chi connectivity index (χ4n) is 4.32. The average molecular weight is 236 g/mol. The van der Waals surface area contributed by atoms with Crippen LogP contribution >= 0.6 is 0 Å². The smallest absolute Gasteiger partial charge is 0.0124 e. The quantitative estimate of drug-likeness (QED) is 0.807. The highest BCUT2D eigenvalue weighted by molar-refractivity contribution is 4.90. The predicted molar refractivity (Wildman–Crippen MR) is 72.2 cm³/mol. The number of nitrogens with one attached hydrogen (secondary N) is 1. The number of hydrogen-bond acceptors (Lipinski definition) is 2. The highest BCUT2D eigenvalue weighted by Crippen LogP contribution is 2.35. The Kier molecular flexibility index (Phi) is 4.02. The van der Waals surface area contributed by atoms with E-state index in [0.29, 0.717) is 0 Å². The van der Waals surface area contributed by atoms with E-state index in [2.05, 4.69) is 10.2 Å². The predicted octanol–water partition coefficient (Wildman–Crippen LogP) is 2.78. The highest BCUT2D eigenvalue weighted by atomic mass is 15.2. The van der Waals surface area contributed by atoms with Gasteiger partial charge in [-0.25, -0.2) is 0 Å². The Bertz CT molecular complexity index is 235. The second kappa shape index (κ2) is 5.71. The number of nitrogens with zero attached hydrogens (tertiary/aromatic N) is 1. The largest absolute Gasteiger partial charge is 0.313 e. The molecule has 0 amide bonds. The van der Waals surface area contributed by atoms with Crippen molar-refractivity contribution in [3.63, 3.8) is 0 Å². The first-order valence-electron chi connectivity index (χ1n) is 7.91. The lowest BCUT2D eigenvalue weighted by atomic mass is 9.85. The van der Waals surface area contributed by atoms with Gasteiger partial charge in [0.1, 0.15) is 0 Å². The topological polar surface area (TPSA) is 15.3 Å². The van der Waals surface area contributed by atoms with E-state index in [1.807, 2.05) is 0 Å². The molecule has 2 atom stereocenters. The molecule has 0 bridgehead atoms. The molecule has 0 aromatic rings. The molecule has 98 valence electrons. The molecule has 2 unspecified atom stereocenters. The van der Waals surface area contributed by atoms with E-state index in [-0.39, 0.29) is 0 Å². The molecule has 0 aromatic heterocycles. The van der Waals surface area contributed by atoms with Gasteiger partial charge in [-0.05, 0) is 44.6 Å². The Morgan fingerprint density at radius 1 is 0.882 bits per heavy atom. The minimum Gasteiger partial charge on any atom is -0.313 e. The Morgan fingerprint density at radius 2 is 1.65 bits per heavy atom. The van der Waals surface area contributed by atoms with Gasteiger partial charge in [0.15, 0.2) is 0 Å². The molecule has 0 radical (unpaired) electrons. The van der Waals surface area contributed by atoms with Crippen molar-refractivity contribution in [3.05, 3.63) is 0 Å². The molecule has 0 aromatic carbocycles. The van der Waals surface area contributed by atoms with Crippen LogP contribution in [0.25, 0.3) is 0 Å². The molecule has 17 heavy (non-hydrogen) atoms. The van der Waals surface area contributed by atoms with Crippen LogP contribution in [-0.4, -0.2) is 36.6 Å². The van der Waals surface area contributed by atoms with Crippen molar-refractivity contribution < 1.29 is 0 Å². The Morgan fingerprint density at radius 3 is 2.53 bits per heavy atom. The zero-order valence-electron chi connectivity index (χ0n) is 11.2. The highest BCUT2D eigenvalue weighted by Gasteiger charge is 2.35. The maximum Gasteiger partial charge on any atom is 0.0124 e. The summed E-state index contributed by atoms with van der Waals surface area (Å²) in [6, 6.07) is 1.80. The monoisotopic (exact) mass is 236 g/mol. The average Bonchev–Trinajstić information content (AvgIpc) is 2.99. The summed E-state index contributed by atoms with van der Waals surface area (Å²) in [4.78, 5) is 2.78. The van der Waals surface area contributed by atoms with Crippen LogP contribution in [0.3, 0.4) is 0 Å². The molecular formula is C15H28N2.